The van der Waals surface area contributed by atoms with Crippen molar-refractivity contribution in [3.8, 4) is 0 Å². The quantitative estimate of drug-likeness (QED) is 0.0143. The molecule has 2 aromatic carbocycles. The molecule has 1 heterocycles. The van der Waals surface area contributed by atoms with Gasteiger partial charge in [-0.1, -0.05) is 109 Å². The van der Waals surface area contributed by atoms with E-state index in [0.717, 1.165) is 0 Å². The highest BCUT2D eigenvalue weighted by Crippen LogP contribution is 2.17. The number of nitrogens with one attached hydrogen (secondary N) is 17. The number of aliphatic carboxylic acids is 1. The van der Waals surface area contributed by atoms with Gasteiger partial charge in [0, 0.05) is 44.1 Å². The number of H-pyrrole nitrogens is 1. The summed E-state index contributed by atoms with van der Waals surface area (Å²) in [6, 6.07) is -5.38. The highest BCUT2D eigenvalue weighted by molar-refractivity contribution is 7.98. The third-order valence-electron chi connectivity index (χ3n) is 20.4. The van der Waals surface area contributed by atoms with Crippen molar-refractivity contribution < 1.29 is 91.7 Å². The summed E-state index contributed by atoms with van der Waals surface area (Å²) in [5.74, 6) is -18.5. The van der Waals surface area contributed by atoms with Gasteiger partial charge in [-0.05, 0) is 139 Å². The van der Waals surface area contributed by atoms with Gasteiger partial charge in [-0.15, -0.1) is 0 Å². The second-order valence-corrected chi connectivity index (χ2v) is 32.6. The molecular weight excluding hydrogens is 1660 g/mol. The molecule has 0 saturated carbocycles. The monoisotopic (exact) mass is 1790 g/mol. The van der Waals surface area contributed by atoms with E-state index in [1.807, 2.05) is 0 Å². The summed E-state index contributed by atoms with van der Waals surface area (Å²) < 4.78 is 0. The molecule has 0 aliphatic heterocycles. The van der Waals surface area contributed by atoms with E-state index in [2.05, 4.69) is 89.7 Å². The first-order valence-corrected chi connectivity index (χ1v) is 43.5. The number of rotatable bonds is 60. The summed E-state index contributed by atoms with van der Waals surface area (Å²) in [5, 5.41) is 66.2. The van der Waals surface area contributed by atoms with E-state index in [1.54, 1.807) is 108 Å². The molecule has 17 atom stereocenters. The number of benzene rings is 2. The molecule has 31 N–H and O–H groups in total. The first-order valence-electron chi connectivity index (χ1n) is 42.1. The molecule has 0 radical (unpaired) electrons. The third kappa shape index (κ3) is 39.5. The van der Waals surface area contributed by atoms with Gasteiger partial charge in [0.1, 0.15) is 90.6 Å². The van der Waals surface area contributed by atoms with Crippen molar-refractivity contribution in [1.29, 1.82) is 5.41 Å². The lowest BCUT2D eigenvalue weighted by Crippen LogP contribution is -2.62. The first kappa shape index (κ1) is 108. The summed E-state index contributed by atoms with van der Waals surface area (Å²) in [4.78, 5) is 244. The van der Waals surface area contributed by atoms with Gasteiger partial charge in [0.2, 0.25) is 94.5 Å². The Balaban J connectivity index is 1.98. The number of aromatic nitrogens is 2. The zero-order valence-electron chi connectivity index (χ0n) is 73.2. The molecular formula is C82H132N24O19S. The standard InChI is InChI=1S/C82H132N24O19S/c1-11-45(6)66(106-76(119)58(38-50-25-16-13-17-26-50)102-79(122)65(44(4)5)105-67(110)46(7)93-69(112)55(32-36-126-10)97-72(115)54(30-31-61(85)108)98-78(121)64(43(2)3)104-68(111)47(8)94-77(120)63(87)48(9)107)80(123)103-59(39-51-41-90-42-92-51)74(117)101-60(40-62(86)109)75(118)100-57(37-49-23-14-12-15-24-49)73(116)96-52(27-18-20-33-83)70(113)95-53(29-22-35-91-82(88)89)71(114)99-56(81(124)125)28-19-21-34-84/h12-17,23-26,41-48,52-60,63-66,107H,11,18-22,27-40,83-84,87H2,1-10H3,(H2,85,108)(H2,86,109)(H,90,92)(H,93,112)(H,94,120)(H,95,113)(H,96,116)(H,97,115)(H,98,121)(H,99,114)(H,100,118)(H,101,117)(H,102,122)(H,103,123)(H,104,111)(H,105,110)(H,106,119)(H,124,125)(H4,88,89,91)/t45-,46-,47-,48+,52-,53-,54-,55-,56-,57-,58-,59-,60-,63+,64-,65-,66-/m0/s1. The first-order chi connectivity index (χ1) is 59.5. The van der Waals surface area contributed by atoms with Crippen molar-refractivity contribution in [2.75, 3.05) is 31.6 Å². The number of primary amides is 2. The number of thioether (sulfide) groups is 1. The number of carboxylic acid groups (broad SMARTS) is 1. The lowest BCUT2D eigenvalue weighted by Gasteiger charge is -2.30. The third-order valence-corrected chi connectivity index (χ3v) is 21.1. The predicted octanol–water partition coefficient (Wildman–Crippen LogP) is -5.17. The SMILES string of the molecule is CC[C@H](C)[C@H](NC(=O)[C@H](Cc1ccccc1)NC(=O)[C@@H](NC(=O)[C@H](C)NC(=O)[C@H](CCSC)NC(=O)[C@H](CCC(N)=O)NC(=O)[C@@H](NC(=O)[C@H](C)NC(=O)[C@H](N)[C@@H](C)O)C(C)C)C(C)C)C(=O)N[C@@H](Cc1cnc[nH]1)C(=O)N[C@@H](CC(N)=O)C(=O)N[C@@H](Cc1ccccc1)C(=O)N[C@@H](CCCCN)C(=O)N[C@@H](CCCNC(=N)N)C(=O)N[C@@H](CCCCN)C(=O)O. The summed E-state index contributed by atoms with van der Waals surface area (Å²) in [7, 11) is 0. The number of aromatic amines is 1. The molecule has 3 aromatic rings. The molecule has 3 rings (SSSR count). The molecule has 1 aromatic heterocycles. The van der Waals surface area contributed by atoms with Crippen LogP contribution in [0.2, 0.25) is 0 Å². The zero-order chi connectivity index (χ0) is 94.4. The molecule has 0 bridgehead atoms. The number of amides is 16. The topological polar surface area (TPSA) is 720 Å². The maximum absolute atomic E-state index is 15.0. The van der Waals surface area contributed by atoms with E-state index in [4.69, 9.17) is 39.8 Å². The zero-order valence-corrected chi connectivity index (χ0v) is 74.0. The van der Waals surface area contributed by atoms with Gasteiger partial charge in [0.15, 0.2) is 5.96 Å². The van der Waals surface area contributed by atoms with Gasteiger partial charge in [0.05, 0.1) is 18.9 Å². The second kappa shape index (κ2) is 56.9. The summed E-state index contributed by atoms with van der Waals surface area (Å²) in [5.41, 5.74) is 35.1. The maximum Gasteiger partial charge on any atom is 0.326 e. The van der Waals surface area contributed by atoms with Crippen molar-refractivity contribution in [3.63, 3.8) is 0 Å². The van der Waals surface area contributed by atoms with Crippen molar-refractivity contribution in [2.45, 2.75) is 262 Å². The molecule has 0 aliphatic rings. The number of imidazole rings is 1. The summed E-state index contributed by atoms with van der Waals surface area (Å²) in [6.07, 6.45) is 2.20. The van der Waals surface area contributed by atoms with Crippen LogP contribution in [0.15, 0.2) is 73.2 Å². The van der Waals surface area contributed by atoms with E-state index in [9.17, 15) is 82.1 Å². The average Bonchev–Trinajstić information content (AvgIpc) is 0.970. The van der Waals surface area contributed by atoms with Crippen LogP contribution in [0.25, 0.3) is 0 Å². The Hall–Kier alpha value is -11.9. The highest BCUT2D eigenvalue weighted by Gasteiger charge is 2.40. The average molecular weight is 1790 g/mol. The van der Waals surface area contributed by atoms with Crippen molar-refractivity contribution in [2.24, 2.45) is 52.2 Å². The van der Waals surface area contributed by atoms with E-state index >= 15 is 9.59 Å². The van der Waals surface area contributed by atoms with E-state index in [-0.39, 0.29) is 108 Å². The molecule has 43 nitrogen and oxygen atoms in total. The summed E-state index contributed by atoms with van der Waals surface area (Å²) >= 11 is 1.30. The van der Waals surface area contributed by atoms with Crippen molar-refractivity contribution in [3.05, 3.63) is 90.0 Å². The number of nitrogens with two attached hydrogens (primary N) is 6. The van der Waals surface area contributed by atoms with Crippen LogP contribution in [0.3, 0.4) is 0 Å². The van der Waals surface area contributed by atoms with Crippen LogP contribution in [0.1, 0.15) is 163 Å². The molecule has 126 heavy (non-hydrogen) atoms. The smallest absolute Gasteiger partial charge is 0.326 e. The van der Waals surface area contributed by atoms with Crippen LogP contribution < -0.4 is 114 Å². The van der Waals surface area contributed by atoms with Crippen molar-refractivity contribution >= 4 is 118 Å². The fourth-order valence-electron chi connectivity index (χ4n) is 12.7. The number of unbranched alkanes of at least 4 members (excludes halogenated alkanes) is 2. The minimum atomic E-state index is -1.88. The van der Waals surface area contributed by atoms with Gasteiger partial charge < -0.3 is 129 Å². The molecule has 44 heteroatoms. The van der Waals surface area contributed by atoms with Crippen LogP contribution in [0.5, 0.6) is 0 Å². The van der Waals surface area contributed by atoms with Crippen LogP contribution in [-0.4, -0.2) is 255 Å². The lowest BCUT2D eigenvalue weighted by atomic mass is 9.96. The van der Waals surface area contributed by atoms with Crippen LogP contribution in [0, 0.1) is 23.2 Å². The lowest BCUT2D eigenvalue weighted by molar-refractivity contribution is -0.142. The van der Waals surface area contributed by atoms with E-state index in [0.29, 0.717) is 30.4 Å². The number of aliphatic hydroxyl groups is 1. The summed E-state index contributed by atoms with van der Waals surface area (Å²) in [6.45, 7) is 14.1. The number of carboxylic acids is 1. The number of aliphatic hydroxyl groups excluding tert-OH is 1. The van der Waals surface area contributed by atoms with Gasteiger partial charge in [0.25, 0.3) is 0 Å². The number of hydrogen-bond acceptors (Lipinski definition) is 24. The fraction of sp³-hybridized carbons (Fsp3) is 0.598. The molecule has 0 spiro atoms. The number of nitrogens with zero attached hydrogens (tertiary/aromatic N) is 1. The van der Waals surface area contributed by atoms with Crippen LogP contribution in [-0.2, 0) is 101 Å². The molecule has 0 fully saturated rings. The number of carbonyl (C=O) groups excluding carboxylic acids is 16. The minimum absolute atomic E-state index is 0.0155. The molecule has 700 valence electrons. The van der Waals surface area contributed by atoms with Gasteiger partial charge >= 0.3 is 5.97 Å². The Morgan fingerprint density at radius 2 is 0.810 bits per heavy atom. The number of hydrogen-bond donors (Lipinski definition) is 25. The Kier molecular flexibility index (Phi) is 48.9. The normalized spacial score (nSPS) is 15.2. The van der Waals surface area contributed by atoms with E-state index in [1.165, 1.54) is 45.1 Å². The largest absolute Gasteiger partial charge is 0.480 e. The predicted molar refractivity (Wildman–Crippen MR) is 468 cm³/mol. The number of guanidine groups is 1. The molecule has 0 saturated heterocycles. The Bertz CT molecular complexity index is 4080. The van der Waals surface area contributed by atoms with Gasteiger partial charge in [-0.25, -0.2) is 9.78 Å². The highest BCUT2D eigenvalue weighted by atomic mass is 32.2. The minimum Gasteiger partial charge on any atom is -0.480 e. The molecule has 16 amide bonds. The van der Waals surface area contributed by atoms with Gasteiger partial charge in [-0.2, -0.15) is 11.8 Å². The Morgan fingerprint density at radius 3 is 1.23 bits per heavy atom. The van der Waals surface area contributed by atoms with Crippen molar-refractivity contribution in [1.82, 2.24) is 89.7 Å². The Labute approximate surface area is 737 Å². The van der Waals surface area contributed by atoms with Gasteiger partial charge in [-0.3, -0.25) is 82.1 Å². The second-order valence-electron chi connectivity index (χ2n) is 31.6. The maximum atomic E-state index is 15.0. The fourth-order valence-corrected chi connectivity index (χ4v) is 13.2. The van der Waals surface area contributed by atoms with Crippen LogP contribution >= 0.6 is 11.8 Å². The number of carbonyl (C=O) groups is 17. The Morgan fingerprint density at radius 1 is 0.437 bits per heavy atom. The molecule has 0 aliphatic carbocycles. The van der Waals surface area contributed by atoms with Crippen LogP contribution in [0.4, 0.5) is 0 Å². The van der Waals surface area contributed by atoms with E-state index < -0.39 is 228 Å². The molecule has 0 unspecified atom stereocenters.